The molecule has 0 aliphatic carbocycles. The molecule has 0 N–H and O–H groups in total. The van der Waals surface area contributed by atoms with Gasteiger partial charge in [0, 0.05) is 43.9 Å². The summed E-state index contributed by atoms with van der Waals surface area (Å²) in [6, 6.07) is 7.33. The van der Waals surface area contributed by atoms with Crippen molar-refractivity contribution in [3.05, 3.63) is 46.8 Å². The summed E-state index contributed by atoms with van der Waals surface area (Å²) in [4.78, 5) is 26.7. The van der Waals surface area contributed by atoms with Crippen molar-refractivity contribution >= 4 is 11.9 Å². The summed E-state index contributed by atoms with van der Waals surface area (Å²) in [7, 11) is 1.61. The van der Waals surface area contributed by atoms with Gasteiger partial charge in [-0.05, 0) is 37.1 Å². The number of nitrogens with zero attached hydrogens (tertiary/aromatic N) is 4. The highest BCUT2D eigenvalue weighted by Crippen LogP contribution is 2.22. The van der Waals surface area contributed by atoms with Crippen molar-refractivity contribution in [3.63, 3.8) is 0 Å². The third-order valence-electron chi connectivity index (χ3n) is 5.44. The van der Waals surface area contributed by atoms with Crippen LogP contribution >= 0.6 is 0 Å². The highest BCUT2D eigenvalue weighted by molar-refractivity contribution is 5.94. The molecule has 1 amide bonds. The largest absolute Gasteiger partial charge is 0.497 e. The van der Waals surface area contributed by atoms with E-state index in [9.17, 15) is 4.79 Å². The summed E-state index contributed by atoms with van der Waals surface area (Å²) in [6.07, 6.45) is 1.52. The second-order valence-electron chi connectivity index (χ2n) is 7.16. The molecular formula is C21H26N4O3. The van der Waals surface area contributed by atoms with Gasteiger partial charge < -0.3 is 19.3 Å². The van der Waals surface area contributed by atoms with Gasteiger partial charge in [-0.15, -0.1) is 0 Å². The molecule has 1 aromatic carbocycles. The molecule has 0 saturated carbocycles. The monoisotopic (exact) mass is 382 g/mol. The van der Waals surface area contributed by atoms with Crippen LogP contribution in [0.15, 0.2) is 24.3 Å². The minimum atomic E-state index is 0.0331. The van der Waals surface area contributed by atoms with Crippen LogP contribution in [-0.2, 0) is 17.6 Å². The molecule has 28 heavy (non-hydrogen) atoms. The zero-order valence-corrected chi connectivity index (χ0v) is 16.5. The lowest BCUT2D eigenvalue weighted by molar-refractivity contribution is 0.0762. The van der Waals surface area contributed by atoms with E-state index in [2.05, 4.69) is 4.90 Å². The van der Waals surface area contributed by atoms with Gasteiger partial charge in [0.15, 0.2) is 0 Å². The van der Waals surface area contributed by atoms with E-state index in [0.29, 0.717) is 37.6 Å². The minimum Gasteiger partial charge on any atom is -0.497 e. The summed E-state index contributed by atoms with van der Waals surface area (Å²) in [5.41, 5.74) is 3.91. The highest BCUT2D eigenvalue weighted by atomic mass is 16.5. The van der Waals surface area contributed by atoms with Gasteiger partial charge >= 0.3 is 0 Å². The first-order valence-corrected chi connectivity index (χ1v) is 9.78. The van der Waals surface area contributed by atoms with Crippen LogP contribution in [0.25, 0.3) is 0 Å². The van der Waals surface area contributed by atoms with Crippen LogP contribution < -0.4 is 9.64 Å². The van der Waals surface area contributed by atoms with Crippen molar-refractivity contribution in [3.8, 4) is 5.75 Å². The Labute approximate surface area is 165 Å². The number of benzene rings is 1. The van der Waals surface area contributed by atoms with E-state index in [1.54, 1.807) is 13.2 Å². The first kappa shape index (κ1) is 18.7. The van der Waals surface area contributed by atoms with Gasteiger partial charge in [0.25, 0.3) is 5.91 Å². The Balaban J connectivity index is 1.53. The third kappa shape index (κ3) is 3.80. The predicted molar refractivity (Wildman–Crippen MR) is 106 cm³/mol. The molecule has 2 aliphatic rings. The van der Waals surface area contributed by atoms with Crippen molar-refractivity contribution in [1.82, 2.24) is 14.9 Å². The van der Waals surface area contributed by atoms with Crippen molar-refractivity contribution in [2.75, 3.05) is 51.4 Å². The van der Waals surface area contributed by atoms with Crippen molar-refractivity contribution in [1.29, 1.82) is 0 Å². The molecule has 7 heteroatoms. The minimum absolute atomic E-state index is 0.0331. The maximum atomic E-state index is 13.0. The van der Waals surface area contributed by atoms with Crippen molar-refractivity contribution in [2.24, 2.45) is 0 Å². The number of fused-ring (bicyclic) bond motifs is 1. The predicted octanol–water partition coefficient (Wildman–Crippen LogP) is 1.87. The summed E-state index contributed by atoms with van der Waals surface area (Å²) in [5.74, 6) is 1.51. The Morgan fingerprint density at radius 3 is 2.68 bits per heavy atom. The quantitative estimate of drug-likeness (QED) is 0.807. The smallest absolute Gasteiger partial charge is 0.254 e. The lowest BCUT2D eigenvalue weighted by atomic mass is 10.1. The number of ether oxygens (including phenoxy) is 2. The van der Waals surface area contributed by atoms with E-state index in [-0.39, 0.29) is 5.91 Å². The third-order valence-corrected chi connectivity index (χ3v) is 5.44. The molecule has 4 rings (SSSR count). The number of morpholine rings is 1. The molecule has 7 nitrogen and oxygen atoms in total. The Morgan fingerprint density at radius 2 is 1.89 bits per heavy atom. The van der Waals surface area contributed by atoms with Gasteiger partial charge in [0.2, 0.25) is 5.95 Å². The van der Waals surface area contributed by atoms with Gasteiger partial charge in [-0.3, -0.25) is 4.79 Å². The van der Waals surface area contributed by atoms with Gasteiger partial charge in [0.1, 0.15) is 5.75 Å². The molecule has 2 aliphatic heterocycles. The van der Waals surface area contributed by atoms with Crippen LogP contribution in [0, 0.1) is 6.92 Å². The van der Waals surface area contributed by atoms with E-state index < -0.39 is 0 Å². The van der Waals surface area contributed by atoms with Crippen LogP contribution in [0.1, 0.15) is 27.3 Å². The number of aromatic nitrogens is 2. The maximum absolute atomic E-state index is 13.0. The average molecular weight is 382 g/mol. The molecule has 1 fully saturated rings. The first-order chi connectivity index (χ1) is 13.7. The van der Waals surface area contributed by atoms with E-state index in [0.717, 1.165) is 43.3 Å². The van der Waals surface area contributed by atoms with Crippen LogP contribution in [0.5, 0.6) is 5.75 Å². The number of rotatable bonds is 3. The number of carbonyl (C=O) groups excluding carboxylic acids is 1. The molecular weight excluding hydrogens is 356 g/mol. The van der Waals surface area contributed by atoms with Gasteiger partial charge in [0.05, 0.1) is 26.0 Å². The van der Waals surface area contributed by atoms with Gasteiger partial charge in [-0.25, -0.2) is 9.97 Å². The van der Waals surface area contributed by atoms with Gasteiger partial charge in [-0.1, -0.05) is 6.07 Å². The van der Waals surface area contributed by atoms with Crippen molar-refractivity contribution in [2.45, 2.75) is 19.8 Å². The molecule has 0 spiro atoms. The van der Waals surface area contributed by atoms with E-state index in [1.165, 1.54) is 5.56 Å². The molecule has 2 aromatic rings. The molecule has 0 bridgehead atoms. The average Bonchev–Trinajstić information content (AvgIpc) is 2.97. The van der Waals surface area contributed by atoms with Crippen LogP contribution in [0.4, 0.5) is 5.95 Å². The van der Waals surface area contributed by atoms with Crippen LogP contribution in [0.3, 0.4) is 0 Å². The summed E-state index contributed by atoms with van der Waals surface area (Å²) >= 11 is 0. The number of hydrogen-bond donors (Lipinski definition) is 0. The van der Waals surface area contributed by atoms with Crippen LogP contribution in [0.2, 0.25) is 0 Å². The van der Waals surface area contributed by atoms with Gasteiger partial charge in [-0.2, -0.15) is 0 Å². The lowest BCUT2D eigenvalue weighted by Crippen LogP contribution is -2.37. The number of methoxy groups -OCH3 is 1. The SMILES string of the molecule is COc1cccc(C(=O)N2CCc3nc(N4CCOCC4)nc(C)c3CC2)c1. The summed E-state index contributed by atoms with van der Waals surface area (Å²) < 4.78 is 10.7. The second kappa shape index (κ2) is 8.14. The fourth-order valence-electron chi connectivity index (χ4n) is 3.82. The normalized spacial score (nSPS) is 17.1. The maximum Gasteiger partial charge on any atom is 0.254 e. The number of amides is 1. The second-order valence-corrected chi connectivity index (χ2v) is 7.16. The fraction of sp³-hybridized carbons (Fsp3) is 0.476. The Morgan fingerprint density at radius 1 is 1.11 bits per heavy atom. The number of hydrogen-bond acceptors (Lipinski definition) is 6. The first-order valence-electron chi connectivity index (χ1n) is 9.78. The zero-order chi connectivity index (χ0) is 19.5. The Kier molecular flexibility index (Phi) is 5.43. The summed E-state index contributed by atoms with van der Waals surface area (Å²) in [5, 5.41) is 0. The topological polar surface area (TPSA) is 67.8 Å². The number of anilines is 1. The molecule has 148 valence electrons. The Hall–Kier alpha value is -2.67. The lowest BCUT2D eigenvalue weighted by Gasteiger charge is -2.27. The highest BCUT2D eigenvalue weighted by Gasteiger charge is 2.24. The number of aryl methyl sites for hydroxylation is 1. The van der Waals surface area contributed by atoms with E-state index >= 15 is 0 Å². The zero-order valence-electron chi connectivity index (χ0n) is 16.5. The van der Waals surface area contributed by atoms with E-state index in [1.807, 2.05) is 30.0 Å². The number of carbonyl (C=O) groups is 1. The molecule has 1 aromatic heterocycles. The molecule has 1 saturated heterocycles. The fourth-order valence-corrected chi connectivity index (χ4v) is 3.82. The Bertz CT molecular complexity index is 865. The molecule has 3 heterocycles. The summed E-state index contributed by atoms with van der Waals surface area (Å²) in [6.45, 7) is 6.43. The van der Waals surface area contributed by atoms with E-state index in [4.69, 9.17) is 19.4 Å². The molecule has 0 atom stereocenters. The standard InChI is InChI=1S/C21H26N4O3/c1-15-18-6-8-24(20(26)16-4-3-5-17(14-16)27-2)9-7-19(18)23-21(22-15)25-10-12-28-13-11-25/h3-5,14H,6-13H2,1-2H3. The molecule has 0 radical (unpaired) electrons. The van der Waals surface area contributed by atoms with Crippen LogP contribution in [-0.4, -0.2) is 67.3 Å². The van der Waals surface area contributed by atoms with Crippen molar-refractivity contribution < 1.29 is 14.3 Å². The molecule has 0 unspecified atom stereocenters.